The Balaban J connectivity index is 1.71. The number of amides is 2. The van der Waals surface area contributed by atoms with Crippen molar-refractivity contribution in [2.45, 2.75) is 62.6 Å². The molecular formula is C31H35Cl2N3O5S. The smallest absolute Gasteiger partial charge is 0.264 e. The van der Waals surface area contributed by atoms with E-state index >= 15 is 0 Å². The highest BCUT2D eigenvalue weighted by atomic mass is 35.5. The van der Waals surface area contributed by atoms with E-state index in [0.717, 1.165) is 35.6 Å². The molecule has 0 unspecified atom stereocenters. The second kappa shape index (κ2) is 14.3. The molecule has 1 aliphatic rings. The van der Waals surface area contributed by atoms with Crippen molar-refractivity contribution in [3.8, 4) is 5.75 Å². The molecular weight excluding hydrogens is 597 g/mol. The minimum atomic E-state index is -4.22. The molecule has 2 amide bonds. The van der Waals surface area contributed by atoms with Gasteiger partial charge in [0.1, 0.15) is 18.3 Å². The van der Waals surface area contributed by atoms with Crippen LogP contribution in [0.25, 0.3) is 0 Å². The molecule has 0 aliphatic heterocycles. The van der Waals surface area contributed by atoms with Gasteiger partial charge in [0.15, 0.2) is 0 Å². The van der Waals surface area contributed by atoms with Crippen LogP contribution in [0.3, 0.4) is 0 Å². The Bertz CT molecular complexity index is 1480. The fraction of sp³-hybridized carbons (Fsp3) is 0.355. The molecule has 0 saturated heterocycles. The SMILES string of the molecule is CC[C@@H](C(=O)NC1CCCC1)N(Cc1ccc(OC)cc1)C(=O)CN(c1cccc(Cl)c1)S(=O)(=O)c1ccc(Cl)cc1. The van der Waals surface area contributed by atoms with Crippen LogP contribution in [-0.4, -0.2) is 50.9 Å². The van der Waals surface area contributed by atoms with E-state index in [2.05, 4.69) is 5.32 Å². The average molecular weight is 633 g/mol. The lowest BCUT2D eigenvalue weighted by molar-refractivity contribution is -0.140. The van der Waals surface area contributed by atoms with E-state index in [9.17, 15) is 18.0 Å². The van der Waals surface area contributed by atoms with Gasteiger partial charge in [0.05, 0.1) is 17.7 Å². The molecule has 11 heteroatoms. The van der Waals surface area contributed by atoms with Crippen LogP contribution in [0.15, 0.2) is 77.7 Å². The van der Waals surface area contributed by atoms with Crippen LogP contribution in [0.2, 0.25) is 10.0 Å². The largest absolute Gasteiger partial charge is 0.497 e. The normalized spacial score (nSPS) is 14.3. The van der Waals surface area contributed by atoms with Gasteiger partial charge in [-0.25, -0.2) is 8.42 Å². The van der Waals surface area contributed by atoms with Crippen LogP contribution in [0.4, 0.5) is 5.69 Å². The molecule has 1 aliphatic carbocycles. The second-order valence-corrected chi connectivity index (χ2v) is 13.0. The van der Waals surface area contributed by atoms with Crippen molar-refractivity contribution < 1.29 is 22.7 Å². The lowest BCUT2D eigenvalue weighted by atomic mass is 10.1. The molecule has 1 fully saturated rings. The first-order chi connectivity index (χ1) is 20.1. The Morgan fingerprint density at radius 1 is 0.976 bits per heavy atom. The topological polar surface area (TPSA) is 96.0 Å². The zero-order chi connectivity index (χ0) is 30.3. The van der Waals surface area contributed by atoms with E-state index in [0.29, 0.717) is 22.2 Å². The van der Waals surface area contributed by atoms with Gasteiger partial charge in [-0.3, -0.25) is 13.9 Å². The molecule has 3 aromatic rings. The van der Waals surface area contributed by atoms with Gasteiger partial charge in [-0.05, 0) is 79.4 Å². The summed E-state index contributed by atoms with van der Waals surface area (Å²) in [5.74, 6) is -0.123. The summed E-state index contributed by atoms with van der Waals surface area (Å²) < 4.78 is 34.1. The quantitative estimate of drug-likeness (QED) is 0.262. The van der Waals surface area contributed by atoms with E-state index in [1.807, 2.05) is 19.1 Å². The van der Waals surface area contributed by atoms with Crippen molar-refractivity contribution in [2.75, 3.05) is 18.0 Å². The summed E-state index contributed by atoms with van der Waals surface area (Å²) in [6.07, 6.45) is 4.25. The Hall–Kier alpha value is -3.27. The molecule has 1 saturated carbocycles. The predicted molar refractivity (Wildman–Crippen MR) is 165 cm³/mol. The Kier molecular flexibility index (Phi) is 10.8. The number of ether oxygens (including phenoxy) is 1. The zero-order valence-electron chi connectivity index (χ0n) is 23.6. The third kappa shape index (κ3) is 7.76. The summed E-state index contributed by atoms with van der Waals surface area (Å²) >= 11 is 12.2. The number of hydrogen-bond donors (Lipinski definition) is 1. The zero-order valence-corrected chi connectivity index (χ0v) is 26.0. The molecule has 1 atom stereocenters. The van der Waals surface area contributed by atoms with Crippen LogP contribution >= 0.6 is 23.2 Å². The number of hydrogen-bond acceptors (Lipinski definition) is 5. The Morgan fingerprint density at radius 2 is 1.64 bits per heavy atom. The number of rotatable bonds is 12. The van der Waals surface area contributed by atoms with Crippen LogP contribution in [0, 0.1) is 0 Å². The summed E-state index contributed by atoms with van der Waals surface area (Å²) in [6, 6.07) is 18.5. The highest BCUT2D eigenvalue weighted by Crippen LogP contribution is 2.28. The number of benzene rings is 3. The van der Waals surface area contributed by atoms with Gasteiger partial charge in [0.2, 0.25) is 11.8 Å². The van der Waals surface area contributed by atoms with Crippen LogP contribution < -0.4 is 14.4 Å². The van der Waals surface area contributed by atoms with Crippen molar-refractivity contribution in [2.24, 2.45) is 0 Å². The number of halogens is 2. The highest BCUT2D eigenvalue weighted by molar-refractivity contribution is 7.92. The lowest BCUT2D eigenvalue weighted by Crippen LogP contribution is -2.53. The van der Waals surface area contributed by atoms with E-state index in [-0.39, 0.29) is 29.1 Å². The number of carbonyl (C=O) groups excluding carboxylic acids is 2. The lowest BCUT2D eigenvalue weighted by Gasteiger charge is -2.33. The standard InChI is InChI=1S/C31H35Cl2N3O5S/c1-3-29(31(38)34-25-8-4-5-9-25)35(20-22-11-15-27(41-2)16-12-22)30(37)21-36(26-10-6-7-24(33)19-26)42(39,40)28-17-13-23(32)14-18-28/h6-7,10-19,25,29H,3-5,8-9,20-21H2,1-2H3,(H,34,38)/t29-/m0/s1. The number of sulfonamides is 1. The van der Waals surface area contributed by atoms with E-state index in [1.165, 1.54) is 35.2 Å². The molecule has 8 nitrogen and oxygen atoms in total. The Morgan fingerprint density at radius 3 is 2.24 bits per heavy atom. The van der Waals surface area contributed by atoms with Gasteiger partial charge >= 0.3 is 0 Å². The van der Waals surface area contributed by atoms with Gasteiger partial charge < -0.3 is 15.0 Å². The first kappa shape index (κ1) is 31.7. The highest BCUT2D eigenvalue weighted by Gasteiger charge is 2.34. The van der Waals surface area contributed by atoms with E-state index in [4.69, 9.17) is 27.9 Å². The third-order valence-corrected chi connectivity index (χ3v) is 9.65. The summed E-state index contributed by atoms with van der Waals surface area (Å²) in [5.41, 5.74) is 0.991. The summed E-state index contributed by atoms with van der Waals surface area (Å²) in [6.45, 7) is 1.39. The molecule has 0 spiro atoms. The molecule has 0 radical (unpaired) electrons. The van der Waals surface area contributed by atoms with E-state index in [1.54, 1.807) is 37.4 Å². The Labute approximate surface area is 257 Å². The first-order valence-electron chi connectivity index (χ1n) is 13.9. The van der Waals surface area contributed by atoms with Gasteiger partial charge in [-0.15, -0.1) is 0 Å². The van der Waals surface area contributed by atoms with E-state index < -0.39 is 28.5 Å². The van der Waals surface area contributed by atoms with Gasteiger partial charge in [0.25, 0.3) is 10.0 Å². The molecule has 3 aromatic carbocycles. The molecule has 224 valence electrons. The maximum absolute atomic E-state index is 14.2. The van der Waals surface area contributed by atoms with Crippen LogP contribution in [-0.2, 0) is 26.2 Å². The number of carbonyl (C=O) groups is 2. The summed E-state index contributed by atoms with van der Waals surface area (Å²) in [7, 11) is -2.65. The number of anilines is 1. The second-order valence-electron chi connectivity index (χ2n) is 10.2. The van der Waals surface area contributed by atoms with Gasteiger partial charge in [-0.1, -0.05) is 61.2 Å². The van der Waals surface area contributed by atoms with Crippen molar-refractivity contribution in [3.63, 3.8) is 0 Å². The van der Waals surface area contributed by atoms with Crippen molar-refractivity contribution in [3.05, 3.63) is 88.4 Å². The monoisotopic (exact) mass is 631 g/mol. The fourth-order valence-electron chi connectivity index (χ4n) is 5.11. The minimum absolute atomic E-state index is 0.0348. The average Bonchev–Trinajstić information content (AvgIpc) is 3.49. The van der Waals surface area contributed by atoms with Crippen LogP contribution in [0.5, 0.6) is 5.75 Å². The van der Waals surface area contributed by atoms with Crippen LogP contribution in [0.1, 0.15) is 44.6 Å². The van der Waals surface area contributed by atoms with Crippen molar-refractivity contribution in [1.82, 2.24) is 10.2 Å². The first-order valence-corrected chi connectivity index (χ1v) is 16.1. The summed E-state index contributed by atoms with van der Waals surface area (Å²) in [4.78, 5) is 29.1. The number of methoxy groups -OCH3 is 1. The maximum atomic E-state index is 14.2. The van der Waals surface area contributed by atoms with Crippen molar-refractivity contribution in [1.29, 1.82) is 0 Å². The number of nitrogens with one attached hydrogen (secondary N) is 1. The molecule has 0 aromatic heterocycles. The molecule has 0 heterocycles. The van der Waals surface area contributed by atoms with Gasteiger partial charge in [-0.2, -0.15) is 0 Å². The van der Waals surface area contributed by atoms with Crippen molar-refractivity contribution >= 4 is 50.7 Å². The number of nitrogens with zero attached hydrogens (tertiary/aromatic N) is 2. The summed E-state index contributed by atoms with van der Waals surface area (Å²) in [5, 5.41) is 3.80. The third-order valence-electron chi connectivity index (χ3n) is 7.38. The minimum Gasteiger partial charge on any atom is -0.497 e. The van der Waals surface area contributed by atoms with Gasteiger partial charge in [0, 0.05) is 22.6 Å². The fourth-order valence-corrected chi connectivity index (χ4v) is 6.82. The molecule has 1 N–H and O–H groups in total. The predicted octanol–water partition coefficient (Wildman–Crippen LogP) is 6.06. The molecule has 42 heavy (non-hydrogen) atoms. The molecule has 0 bridgehead atoms. The molecule has 4 rings (SSSR count). The maximum Gasteiger partial charge on any atom is 0.264 e.